The number of likely N-dealkylation sites (N-methyl/N-ethyl adjacent to an activating group) is 1. The van der Waals surface area contributed by atoms with E-state index in [1.54, 1.807) is 7.11 Å². The zero-order chi connectivity index (χ0) is 46.8. The zero-order valence-electron chi connectivity index (χ0n) is 40.4. The van der Waals surface area contributed by atoms with Gasteiger partial charge in [-0.1, -0.05) is 40.7 Å². The lowest BCUT2D eigenvalue weighted by Gasteiger charge is -2.51. The highest BCUT2D eigenvalue weighted by molar-refractivity contribution is 7.10. The Bertz CT molecular complexity index is 2460. The largest absolute Gasteiger partial charge is 0.464 e. The summed E-state index contributed by atoms with van der Waals surface area (Å²) in [7, 11) is 3.97. The van der Waals surface area contributed by atoms with E-state index >= 15 is 0 Å². The molecule has 10 atom stereocenters. The van der Waals surface area contributed by atoms with Crippen LogP contribution in [-0.2, 0) is 51.7 Å². The number of esters is 1. The van der Waals surface area contributed by atoms with Crippen molar-refractivity contribution >= 4 is 40.0 Å². The summed E-state index contributed by atoms with van der Waals surface area (Å²) in [6.07, 6.45) is 4.56. The van der Waals surface area contributed by atoms with Gasteiger partial charge in [0.05, 0.1) is 43.0 Å². The number of aryl methyl sites for hydroxylation is 1. The van der Waals surface area contributed by atoms with Gasteiger partial charge < -0.3 is 28.8 Å². The van der Waals surface area contributed by atoms with Gasteiger partial charge in [0, 0.05) is 83.8 Å². The maximum atomic E-state index is 14.7. The molecule has 9 rings (SSSR count). The number of ether oxygens (including phenoxy) is 4. The van der Waals surface area contributed by atoms with Crippen molar-refractivity contribution < 1.29 is 33.3 Å². The number of thiazole rings is 1. The summed E-state index contributed by atoms with van der Waals surface area (Å²) < 4.78 is 27.1. The van der Waals surface area contributed by atoms with E-state index in [1.807, 2.05) is 12.3 Å². The average Bonchev–Trinajstić information content (AvgIpc) is 3.57. The third kappa shape index (κ3) is 8.61. The molecule has 4 fully saturated rings. The number of carbonyl (C=O) groups excluding carboxylic acids is 3. The number of hydrogen-bond donors (Lipinski definition) is 2. The normalized spacial score (nSPS) is 30.7. The van der Waals surface area contributed by atoms with E-state index in [9.17, 15) is 14.4 Å². The molecule has 7 heterocycles. The monoisotopic (exact) mass is 923 g/mol. The lowest BCUT2D eigenvalue weighted by molar-refractivity contribution is -0.156. The topological polar surface area (TPSA) is 149 Å². The zero-order valence-corrected chi connectivity index (χ0v) is 41.3. The Labute approximate surface area is 393 Å². The second kappa shape index (κ2) is 18.3. The highest BCUT2D eigenvalue weighted by atomic mass is 32.1. The minimum absolute atomic E-state index is 0.111. The van der Waals surface area contributed by atoms with E-state index in [-0.39, 0.29) is 47.7 Å². The van der Waals surface area contributed by atoms with E-state index in [2.05, 4.69) is 106 Å². The van der Waals surface area contributed by atoms with Crippen molar-refractivity contribution in [1.29, 1.82) is 0 Å². The van der Waals surface area contributed by atoms with E-state index in [4.69, 9.17) is 28.9 Å². The Balaban J connectivity index is 1.20. The number of pyridine rings is 1. The molecule has 356 valence electrons. The van der Waals surface area contributed by atoms with Gasteiger partial charge in [0.1, 0.15) is 23.2 Å². The number of cyclic esters (lactones) is 1. The van der Waals surface area contributed by atoms with Crippen molar-refractivity contribution in [3.05, 3.63) is 57.7 Å². The number of morpholine rings is 1. The Hall–Kier alpha value is -4.25. The van der Waals surface area contributed by atoms with Crippen LogP contribution >= 0.6 is 11.3 Å². The van der Waals surface area contributed by atoms with Crippen LogP contribution in [0.15, 0.2) is 35.8 Å². The molecule has 2 N–H and O–H groups in total. The van der Waals surface area contributed by atoms with Crippen molar-refractivity contribution in [2.45, 2.75) is 136 Å². The molecule has 2 amide bonds. The number of nitrogens with zero attached hydrogens (tertiary/aromatic N) is 5. The fourth-order valence-electron chi connectivity index (χ4n) is 11.3. The van der Waals surface area contributed by atoms with Gasteiger partial charge in [-0.2, -0.15) is 0 Å². The molecule has 15 heteroatoms. The van der Waals surface area contributed by atoms with Crippen LogP contribution in [-0.4, -0.2) is 114 Å². The second-order valence-electron chi connectivity index (χ2n) is 20.8. The van der Waals surface area contributed by atoms with Crippen LogP contribution < -0.4 is 10.7 Å². The van der Waals surface area contributed by atoms with Crippen LogP contribution in [0.3, 0.4) is 0 Å². The fraction of sp³-hybridized carbons (Fsp3) is 0.627. The van der Waals surface area contributed by atoms with Crippen molar-refractivity contribution in [2.75, 3.05) is 47.1 Å². The third-order valence-corrected chi connectivity index (χ3v) is 16.5. The van der Waals surface area contributed by atoms with Gasteiger partial charge in [0.15, 0.2) is 0 Å². The number of piperidine rings is 1. The number of carbonyl (C=O) groups is 3. The number of hydrogen-bond acceptors (Lipinski definition) is 12. The van der Waals surface area contributed by atoms with Crippen molar-refractivity contribution in [3.8, 4) is 22.5 Å². The third-order valence-electron chi connectivity index (χ3n) is 15.6. The number of rotatable bonds is 9. The molecule has 1 saturated carbocycles. The molecule has 1 aromatic carbocycles. The van der Waals surface area contributed by atoms with Gasteiger partial charge in [-0.05, 0) is 106 Å². The summed E-state index contributed by atoms with van der Waals surface area (Å²) in [4.78, 5) is 55.5. The van der Waals surface area contributed by atoms with Gasteiger partial charge >= 0.3 is 5.97 Å². The highest BCUT2D eigenvalue weighted by Gasteiger charge is 2.50. The van der Waals surface area contributed by atoms with Crippen LogP contribution in [0.2, 0.25) is 0 Å². The van der Waals surface area contributed by atoms with Gasteiger partial charge in [-0.25, -0.2) is 10.4 Å². The van der Waals surface area contributed by atoms with Crippen LogP contribution in [0.5, 0.6) is 0 Å². The maximum Gasteiger partial charge on any atom is 0.324 e. The predicted octanol–water partition coefficient (Wildman–Crippen LogP) is 7.39. The number of aromatic nitrogens is 3. The molecular formula is C51H69N7O7S. The number of benzene rings is 1. The van der Waals surface area contributed by atoms with Gasteiger partial charge in [-0.3, -0.25) is 29.3 Å². The SMILES string of the molecule is CCO[C@@H]1c2nc(cs2)-c2ccc3c(c2)c(c(-c2cc(C4(C)C[C@H]5COC[C@@H](C4)N5C)cnc2[C@H](C)OC)n3CC)CC(C)(C)COC(=O)[C@@H]2CCCN(N2)C(=O)[C@H]1NC(=O)C1[C@@H](C)[C@H]1C. The number of hydrazine groups is 1. The molecule has 4 aliphatic heterocycles. The molecule has 66 heavy (non-hydrogen) atoms. The maximum absolute atomic E-state index is 14.7. The summed E-state index contributed by atoms with van der Waals surface area (Å²) >= 11 is 1.42. The molecular weight excluding hydrogens is 855 g/mol. The Morgan fingerprint density at radius 3 is 2.52 bits per heavy atom. The Morgan fingerprint density at radius 2 is 1.83 bits per heavy atom. The average molecular weight is 924 g/mol. The van der Waals surface area contributed by atoms with Crippen molar-refractivity contribution in [1.82, 2.24) is 35.2 Å². The smallest absolute Gasteiger partial charge is 0.324 e. The second-order valence-corrected chi connectivity index (χ2v) is 21.6. The number of nitrogens with one attached hydrogen (secondary N) is 2. The molecule has 8 bridgehead atoms. The molecule has 14 nitrogen and oxygen atoms in total. The molecule has 3 aromatic heterocycles. The first-order valence-corrected chi connectivity index (χ1v) is 25.0. The summed E-state index contributed by atoms with van der Waals surface area (Å²) in [5, 5.41) is 8.27. The minimum atomic E-state index is -1.08. The van der Waals surface area contributed by atoms with E-state index < -0.39 is 29.6 Å². The summed E-state index contributed by atoms with van der Waals surface area (Å²) in [6.45, 7) is 19.9. The van der Waals surface area contributed by atoms with Gasteiger partial charge in [-0.15, -0.1) is 11.3 Å². The first kappa shape index (κ1) is 46.8. The number of fused-ring (bicyclic) bond motifs is 8. The summed E-state index contributed by atoms with van der Waals surface area (Å²) in [6, 6.07) is 7.77. The molecule has 0 spiro atoms. The first-order valence-electron chi connectivity index (χ1n) is 24.2. The van der Waals surface area contributed by atoms with E-state index in [0.29, 0.717) is 56.1 Å². The van der Waals surface area contributed by atoms with Crippen LogP contribution in [0, 0.1) is 23.2 Å². The molecule has 4 aromatic rings. The standard InChI is InChI=1S/C51H69N7O7S/c1-11-57-40-16-15-31-18-35(40)37(44(57)36-19-32(23-52-42(36)30(5)62-10)51(8)20-33-24-63-25-34(21-51)56(33)9)22-50(6,7)27-65-49(61)38-14-13-17-58(55-38)48(60)43(54-46(59)41-28(3)29(41)4)45(64-12-2)47-53-39(31)26-66-47/h15-16,18-19,23,26,28-30,33-34,38,41,43,45,55H,11-14,17,20-22,24-25,27H2,1-10H3,(H,54,59)/t28-,29+,30-,33-,34+,38-,41?,43-,45-,51?/m0/s1. The minimum Gasteiger partial charge on any atom is -0.464 e. The van der Waals surface area contributed by atoms with E-state index in [1.165, 1.54) is 21.9 Å². The van der Waals surface area contributed by atoms with Crippen LogP contribution in [0.1, 0.15) is 115 Å². The predicted molar refractivity (Wildman–Crippen MR) is 255 cm³/mol. The van der Waals surface area contributed by atoms with Crippen LogP contribution in [0.4, 0.5) is 0 Å². The highest BCUT2D eigenvalue weighted by Crippen LogP contribution is 2.48. The van der Waals surface area contributed by atoms with Crippen molar-refractivity contribution in [3.63, 3.8) is 0 Å². The van der Waals surface area contributed by atoms with Gasteiger partial charge in [0.25, 0.3) is 5.91 Å². The molecule has 3 saturated heterocycles. The van der Waals surface area contributed by atoms with Crippen LogP contribution in [0.25, 0.3) is 33.4 Å². The fourth-order valence-corrected chi connectivity index (χ4v) is 12.3. The lowest BCUT2D eigenvalue weighted by Crippen LogP contribution is -2.61. The first-order chi connectivity index (χ1) is 31.6. The lowest BCUT2D eigenvalue weighted by atomic mass is 9.69. The van der Waals surface area contributed by atoms with E-state index in [0.717, 1.165) is 70.7 Å². The number of amides is 2. The Kier molecular flexibility index (Phi) is 13.0. The molecule has 0 radical (unpaired) electrons. The molecule has 5 aliphatic rings. The quantitative estimate of drug-likeness (QED) is 0.162. The van der Waals surface area contributed by atoms with Gasteiger partial charge in [0.2, 0.25) is 5.91 Å². The summed E-state index contributed by atoms with van der Waals surface area (Å²) in [5.74, 6) is -0.738. The molecule has 2 unspecified atom stereocenters. The number of methoxy groups -OCH3 is 1. The summed E-state index contributed by atoms with van der Waals surface area (Å²) in [5.41, 5.74) is 10.7. The Morgan fingerprint density at radius 1 is 1.09 bits per heavy atom. The van der Waals surface area contributed by atoms with Crippen molar-refractivity contribution in [2.24, 2.45) is 23.2 Å². The molecule has 1 aliphatic carbocycles.